The van der Waals surface area contributed by atoms with Crippen LogP contribution >= 0.6 is 0 Å². The number of carbonyl (C=O) groups excluding carboxylic acids is 3. The smallest absolute Gasteiger partial charge is 0.255 e. The molecule has 0 bridgehead atoms. The third-order valence-corrected chi connectivity index (χ3v) is 7.18. The molecule has 31 heavy (non-hydrogen) atoms. The van der Waals surface area contributed by atoms with Gasteiger partial charge in [0.25, 0.3) is 5.91 Å². The molecule has 8 nitrogen and oxygen atoms in total. The van der Waals surface area contributed by atoms with Crippen LogP contribution in [0.5, 0.6) is 5.75 Å². The van der Waals surface area contributed by atoms with E-state index in [2.05, 4.69) is 10.2 Å². The summed E-state index contributed by atoms with van der Waals surface area (Å²) in [7, 11) is 1.78. The summed E-state index contributed by atoms with van der Waals surface area (Å²) in [5.74, 6) is -0.0433. The molecule has 1 aromatic carbocycles. The summed E-state index contributed by atoms with van der Waals surface area (Å²) in [6.07, 6.45) is 5.45. The van der Waals surface area contributed by atoms with Crippen LogP contribution in [-0.4, -0.2) is 72.0 Å². The molecule has 166 valence electrons. The van der Waals surface area contributed by atoms with Gasteiger partial charge >= 0.3 is 0 Å². The highest BCUT2D eigenvalue weighted by Crippen LogP contribution is 2.34. The second-order valence-electron chi connectivity index (χ2n) is 9.01. The topological polar surface area (TPSA) is 88.2 Å². The molecule has 5 rings (SSSR count). The van der Waals surface area contributed by atoms with Crippen LogP contribution in [0.3, 0.4) is 0 Å². The van der Waals surface area contributed by atoms with E-state index in [4.69, 9.17) is 9.47 Å². The third kappa shape index (κ3) is 3.83. The van der Waals surface area contributed by atoms with Crippen molar-refractivity contribution in [3.8, 4) is 5.75 Å². The molecule has 1 saturated carbocycles. The van der Waals surface area contributed by atoms with Crippen molar-refractivity contribution in [3.05, 3.63) is 29.3 Å². The highest BCUT2D eigenvalue weighted by Gasteiger charge is 2.40. The summed E-state index contributed by atoms with van der Waals surface area (Å²) >= 11 is 0. The maximum atomic E-state index is 12.9. The van der Waals surface area contributed by atoms with Crippen molar-refractivity contribution in [2.75, 3.05) is 20.2 Å². The normalized spacial score (nSPS) is 31.3. The second-order valence-corrected chi connectivity index (χ2v) is 9.01. The van der Waals surface area contributed by atoms with Crippen LogP contribution in [-0.2, 0) is 20.9 Å². The van der Waals surface area contributed by atoms with E-state index in [9.17, 15) is 14.4 Å². The summed E-state index contributed by atoms with van der Waals surface area (Å²) in [6.45, 7) is 2.37. The zero-order chi connectivity index (χ0) is 21.5. The molecule has 0 aromatic heterocycles. The van der Waals surface area contributed by atoms with E-state index >= 15 is 0 Å². The quantitative estimate of drug-likeness (QED) is 0.716. The molecule has 1 N–H and O–H groups in total. The van der Waals surface area contributed by atoms with Gasteiger partial charge < -0.3 is 14.4 Å². The van der Waals surface area contributed by atoms with Crippen LogP contribution in [0.2, 0.25) is 0 Å². The van der Waals surface area contributed by atoms with E-state index < -0.39 is 6.04 Å². The highest BCUT2D eigenvalue weighted by molar-refractivity contribution is 6.05. The first-order valence-electron chi connectivity index (χ1n) is 11.2. The fraction of sp³-hybridized carbons (Fsp3) is 0.609. The number of amides is 3. The predicted molar refractivity (Wildman–Crippen MR) is 112 cm³/mol. The van der Waals surface area contributed by atoms with Crippen molar-refractivity contribution in [2.24, 2.45) is 0 Å². The van der Waals surface area contributed by atoms with Gasteiger partial charge in [0.05, 0.1) is 6.10 Å². The molecule has 3 heterocycles. The van der Waals surface area contributed by atoms with Crippen LogP contribution in [0.1, 0.15) is 54.4 Å². The summed E-state index contributed by atoms with van der Waals surface area (Å²) in [4.78, 5) is 40.6. The van der Waals surface area contributed by atoms with E-state index in [-0.39, 0.29) is 30.2 Å². The number of ether oxygens (including phenoxy) is 2. The Balaban J connectivity index is 1.27. The first-order chi connectivity index (χ1) is 15.0. The van der Waals surface area contributed by atoms with Gasteiger partial charge in [-0.05, 0) is 55.9 Å². The number of fused-ring (bicyclic) bond motifs is 1. The third-order valence-electron chi connectivity index (χ3n) is 7.18. The maximum Gasteiger partial charge on any atom is 0.255 e. The Kier molecular flexibility index (Phi) is 5.44. The fourth-order valence-electron chi connectivity index (χ4n) is 5.51. The fourth-order valence-corrected chi connectivity index (χ4v) is 5.51. The number of benzene rings is 1. The molecule has 3 amide bonds. The minimum absolute atomic E-state index is 0.136. The number of hydrogen-bond acceptors (Lipinski definition) is 6. The molecule has 0 radical (unpaired) electrons. The molecule has 8 heteroatoms. The van der Waals surface area contributed by atoms with E-state index in [1.807, 2.05) is 12.1 Å². The number of hydrogen-bond donors (Lipinski definition) is 1. The van der Waals surface area contributed by atoms with Gasteiger partial charge in [-0.2, -0.15) is 0 Å². The predicted octanol–water partition coefficient (Wildman–Crippen LogP) is 1.47. The maximum absolute atomic E-state index is 12.9. The van der Waals surface area contributed by atoms with Crippen LogP contribution in [0.15, 0.2) is 18.2 Å². The molecule has 1 aliphatic carbocycles. The number of imide groups is 1. The van der Waals surface area contributed by atoms with Gasteiger partial charge in [-0.1, -0.05) is 0 Å². The van der Waals surface area contributed by atoms with Crippen molar-refractivity contribution in [1.82, 2.24) is 15.1 Å². The lowest BCUT2D eigenvalue weighted by Crippen LogP contribution is -2.52. The molecule has 4 aliphatic rings. The molecular formula is C23H29N3O5. The Bertz CT molecular complexity index is 903. The van der Waals surface area contributed by atoms with E-state index in [1.165, 1.54) is 0 Å². The minimum atomic E-state index is -0.593. The number of methoxy groups -OCH3 is 1. The average Bonchev–Trinajstić information content (AvgIpc) is 3.47. The molecule has 2 saturated heterocycles. The van der Waals surface area contributed by atoms with Crippen LogP contribution in [0.25, 0.3) is 0 Å². The number of rotatable bonds is 5. The Morgan fingerprint density at radius 1 is 1.10 bits per heavy atom. The SMILES string of the molecule is CO[C@@H]1CCN(C2CCCC2Oc2ccc3c(c2)CN(C2CCC(=O)NC2=O)C3=O)C1. The first-order valence-corrected chi connectivity index (χ1v) is 11.2. The molecule has 0 spiro atoms. The van der Waals surface area contributed by atoms with Crippen LogP contribution in [0, 0.1) is 0 Å². The number of nitrogens with zero attached hydrogens (tertiary/aromatic N) is 2. The summed E-state index contributed by atoms with van der Waals surface area (Å²) in [5, 5.41) is 2.34. The largest absolute Gasteiger partial charge is 0.489 e. The molecule has 4 atom stereocenters. The number of carbonyl (C=O) groups is 3. The summed E-state index contributed by atoms with van der Waals surface area (Å²) in [5.41, 5.74) is 1.49. The molecule has 1 aromatic rings. The molecule has 3 aliphatic heterocycles. The van der Waals surface area contributed by atoms with Crippen LogP contribution in [0.4, 0.5) is 0 Å². The van der Waals surface area contributed by atoms with Gasteiger partial charge in [0, 0.05) is 44.8 Å². The zero-order valence-electron chi connectivity index (χ0n) is 17.8. The lowest BCUT2D eigenvalue weighted by Gasteiger charge is -2.30. The van der Waals surface area contributed by atoms with Gasteiger partial charge in [0.2, 0.25) is 11.8 Å². The average molecular weight is 428 g/mol. The monoisotopic (exact) mass is 427 g/mol. The van der Waals surface area contributed by atoms with Gasteiger partial charge in [0.1, 0.15) is 17.9 Å². The Morgan fingerprint density at radius 2 is 1.97 bits per heavy atom. The van der Waals surface area contributed by atoms with E-state index in [0.29, 0.717) is 30.7 Å². The Morgan fingerprint density at radius 3 is 2.74 bits per heavy atom. The number of nitrogens with one attached hydrogen (secondary N) is 1. The van der Waals surface area contributed by atoms with E-state index in [1.54, 1.807) is 18.1 Å². The highest BCUT2D eigenvalue weighted by atomic mass is 16.5. The minimum Gasteiger partial charge on any atom is -0.489 e. The summed E-state index contributed by atoms with van der Waals surface area (Å²) in [6, 6.07) is 5.41. The Hall–Kier alpha value is -2.45. The standard InChI is InChI=1S/C23H29N3O5/c1-30-16-9-10-25(13-16)18-3-2-4-20(18)31-15-5-6-17-14(11-15)12-26(23(17)29)19-7-8-21(27)24-22(19)28/h5-6,11,16,18-20H,2-4,7-10,12-13H2,1H3,(H,24,27,28)/t16-,18?,19?,20?/m1/s1. The second kappa shape index (κ2) is 8.24. The van der Waals surface area contributed by atoms with Gasteiger partial charge in [0.15, 0.2) is 0 Å². The van der Waals surface area contributed by atoms with Gasteiger partial charge in [-0.3, -0.25) is 24.6 Å². The number of likely N-dealkylation sites (tertiary alicyclic amines) is 1. The zero-order valence-corrected chi connectivity index (χ0v) is 17.8. The molecule has 3 unspecified atom stereocenters. The van der Waals surface area contributed by atoms with Crippen molar-refractivity contribution in [2.45, 2.75) is 69.4 Å². The van der Waals surface area contributed by atoms with Crippen molar-refractivity contribution in [1.29, 1.82) is 0 Å². The lowest BCUT2D eigenvalue weighted by molar-refractivity contribution is -0.136. The Labute approximate surface area is 181 Å². The molecule has 3 fully saturated rings. The summed E-state index contributed by atoms with van der Waals surface area (Å²) < 4.78 is 11.9. The lowest BCUT2D eigenvalue weighted by atomic mass is 10.0. The van der Waals surface area contributed by atoms with Gasteiger partial charge in [-0.25, -0.2) is 0 Å². The van der Waals surface area contributed by atoms with Crippen LogP contribution < -0.4 is 10.1 Å². The first kappa shape index (κ1) is 20.5. The number of piperidine rings is 1. The van der Waals surface area contributed by atoms with E-state index in [0.717, 1.165) is 50.1 Å². The van der Waals surface area contributed by atoms with Crippen molar-refractivity contribution in [3.63, 3.8) is 0 Å². The molecular weight excluding hydrogens is 398 g/mol. The van der Waals surface area contributed by atoms with Crippen molar-refractivity contribution >= 4 is 17.7 Å². The van der Waals surface area contributed by atoms with Crippen molar-refractivity contribution < 1.29 is 23.9 Å². The van der Waals surface area contributed by atoms with Gasteiger partial charge in [-0.15, -0.1) is 0 Å².